The Morgan fingerprint density at radius 1 is 1.19 bits per heavy atom. The Morgan fingerprint density at radius 2 is 1.81 bits per heavy atom. The third-order valence-electron chi connectivity index (χ3n) is 2.48. The summed E-state index contributed by atoms with van der Waals surface area (Å²) in [6.45, 7) is 0. The molecule has 0 spiro atoms. The van der Waals surface area contributed by atoms with Crippen molar-refractivity contribution in [1.82, 2.24) is 0 Å². The summed E-state index contributed by atoms with van der Waals surface area (Å²) < 4.78 is 28.1. The molecule has 0 aliphatic rings. The van der Waals surface area contributed by atoms with Gasteiger partial charge in [-0.3, -0.25) is 0 Å². The molecule has 0 fully saturated rings. The molecule has 0 amide bonds. The van der Waals surface area contributed by atoms with Crippen LogP contribution in [0.4, 0.5) is 0 Å². The maximum absolute atomic E-state index is 12.0. The Balaban J connectivity index is 2.45. The lowest BCUT2D eigenvalue weighted by Gasteiger charge is -2.09. The molecule has 110 valence electrons. The van der Waals surface area contributed by atoms with E-state index in [2.05, 4.69) is 15.9 Å². The fraction of sp³-hybridized carbons (Fsp3) is 0. The molecule has 21 heavy (non-hydrogen) atoms. The van der Waals surface area contributed by atoms with Gasteiger partial charge < -0.3 is 9.84 Å². The smallest absolute Gasteiger partial charge is 0.347 e. The molecule has 8 heteroatoms. The van der Waals surface area contributed by atoms with Crippen molar-refractivity contribution in [2.24, 2.45) is 0 Å². The predicted molar refractivity (Wildman–Crippen MR) is 80.2 cm³/mol. The first kappa shape index (κ1) is 15.8. The molecule has 0 heterocycles. The summed E-state index contributed by atoms with van der Waals surface area (Å²) in [6, 6.07) is 10.5. The van der Waals surface area contributed by atoms with E-state index in [0.29, 0.717) is 0 Å². The van der Waals surface area contributed by atoms with Gasteiger partial charge in [0.25, 0.3) is 9.05 Å². The molecule has 2 aromatic rings. The van der Waals surface area contributed by atoms with Gasteiger partial charge in [0.05, 0.1) is 0 Å². The van der Waals surface area contributed by atoms with E-state index in [4.69, 9.17) is 15.4 Å². The van der Waals surface area contributed by atoms with Crippen molar-refractivity contribution < 1.29 is 23.1 Å². The number of carbonyl (C=O) groups excluding carboxylic acids is 1. The number of benzene rings is 2. The van der Waals surface area contributed by atoms with Gasteiger partial charge in [0.2, 0.25) is 0 Å². The van der Waals surface area contributed by atoms with Crippen LogP contribution >= 0.6 is 26.6 Å². The number of hydrogen-bond donors (Lipinski definition) is 1. The van der Waals surface area contributed by atoms with E-state index < -0.39 is 25.7 Å². The molecule has 2 rings (SSSR count). The van der Waals surface area contributed by atoms with Gasteiger partial charge >= 0.3 is 5.97 Å². The maximum atomic E-state index is 12.0. The maximum Gasteiger partial charge on any atom is 0.347 e. The minimum absolute atomic E-state index is 0.261. The Bertz CT molecular complexity index is 790. The van der Waals surface area contributed by atoms with E-state index in [0.717, 1.165) is 6.07 Å². The van der Waals surface area contributed by atoms with E-state index in [1.54, 1.807) is 30.3 Å². The van der Waals surface area contributed by atoms with E-state index in [-0.39, 0.29) is 15.8 Å². The molecule has 0 aromatic heterocycles. The highest BCUT2D eigenvalue weighted by Gasteiger charge is 2.24. The number of aromatic hydroxyl groups is 1. The lowest BCUT2D eigenvalue weighted by atomic mass is 10.2. The van der Waals surface area contributed by atoms with Crippen molar-refractivity contribution in [1.29, 1.82) is 0 Å². The molecule has 0 bridgehead atoms. The van der Waals surface area contributed by atoms with Crippen LogP contribution in [0.25, 0.3) is 0 Å². The number of carbonyl (C=O) groups is 1. The van der Waals surface area contributed by atoms with E-state index in [9.17, 15) is 18.3 Å². The zero-order valence-corrected chi connectivity index (χ0v) is 13.4. The number of halogens is 2. The van der Waals surface area contributed by atoms with E-state index in [1.165, 1.54) is 6.07 Å². The summed E-state index contributed by atoms with van der Waals surface area (Å²) in [6.07, 6.45) is 0. The van der Waals surface area contributed by atoms with E-state index >= 15 is 0 Å². The number of hydrogen-bond acceptors (Lipinski definition) is 5. The number of esters is 1. The summed E-state index contributed by atoms with van der Waals surface area (Å²) in [5, 5.41) is 9.91. The molecule has 5 nitrogen and oxygen atoms in total. The average molecular weight is 392 g/mol. The summed E-state index contributed by atoms with van der Waals surface area (Å²) in [7, 11) is 1.01. The molecule has 2 aromatic carbocycles. The molecule has 0 radical (unpaired) electrons. The number of rotatable bonds is 3. The van der Waals surface area contributed by atoms with Gasteiger partial charge in [-0.05, 0) is 24.3 Å². The largest absolute Gasteiger partial charge is 0.506 e. The van der Waals surface area contributed by atoms with Crippen molar-refractivity contribution in [2.75, 3.05) is 0 Å². The van der Waals surface area contributed by atoms with Crippen LogP contribution in [0.1, 0.15) is 10.4 Å². The third-order valence-corrected chi connectivity index (χ3v) is 4.27. The fourth-order valence-corrected chi connectivity index (χ4v) is 3.14. The minimum atomic E-state index is -4.20. The normalized spacial score (nSPS) is 11.1. The molecule has 0 aliphatic heterocycles. The zero-order valence-electron chi connectivity index (χ0n) is 10.3. The lowest BCUT2D eigenvalue weighted by Crippen LogP contribution is -2.10. The van der Waals surface area contributed by atoms with Crippen LogP contribution < -0.4 is 4.74 Å². The standard InChI is InChI=1S/C13H8BrClO5S/c14-8-6-10(12(16)11(7-8)21(15,18)19)13(17)20-9-4-2-1-3-5-9/h1-7,16H. The van der Waals surface area contributed by atoms with Crippen molar-refractivity contribution in [3.63, 3.8) is 0 Å². The lowest BCUT2D eigenvalue weighted by molar-refractivity contribution is 0.0731. The molecule has 1 N–H and O–H groups in total. The summed E-state index contributed by atoms with van der Waals surface area (Å²) in [5.41, 5.74) is -0.313. The summed E-state index contributed by atoms with van der Waals surface area (Å²) >= 11 is 3.05. The first-order valence-electron chi connectivity index (χ1n) is 5.53. The zero-order chi connectivity index (χ0) is 15.6. The van der Waals surface area contributed by atoms with Crippen LogP contribution in [-0.2, 0) is 9.05 Å². The van der Waals surface area contributed by atoms with Crippen LogP contribution in [0, 0.1) is 0 Å². The minimum Gasteiger partial charge on any atom is -0.506 e. The number of para-hydroxylation sites is 1. The van der Waals surface area contributed by atoms with Crippen LogP contribution in [0.5, 0.6) is 11.5 Å². The quantitative estimate of drug-likeness (QED) is 0.493. The van der Waals surface area contributed by atoms with Gasteiger partial charge in [0.1, 0.15) is 22.0 Å². The highest BCUT2D eigenvalue weighted by atomic mass is 79.9. The van der Waals surface area contributed by atoms with Gasteiger partial charge in [0.15, 0.2) is 0 Å². The van der Waals surface area contributed by atoms with Crippen LogP contribution in [0.2, 0.25) is 0 Å². The Morgan fingerprint density at radius 3 is 2.38 bits per heavy atom. The second kappa shape index (κ2) is 6.05. The van der Waals surface area contributed by atoms with Gasteiger partial charge in [-0.25, -0.2) is 13.2 Å². The molecular weight excluding hydrogens is 384 g/mol. The fourth-order valence-electron chi connectivity index (χ4n) is 1.57. The first-order valence-corrected chi connectivity index (χ1v) is 8.63. The monoisotopic (exact) mass is 390 g/mol. The molecule has 0 saturated heterocycles. The van der Waals surface area contributed by atoms with Gasteiger partial charge in [0, 0.05) is 15.2 Å². The van der Waals surface area contributed by atoms with Crippen molar-refractivity contribution in [3.8, 4) is 11.5 Å². The Labute approximate surface area is 133 Å². The number of phenolic OH excluding ortho intramolecular Hbond substituents is 1. The van der Waals surface area contributed by atoms with Crippen molar-refractivity contribution in [2.45, 2.75) is 4.90 Å². The van der Waals surface area contributed by atoms with Crippen LogP contribution in [0.15, 0.2) is 51.8 Å². The van der Waals surface area contributed by atoms with Gasteiger partial charge in [-0.2, -0.15) is 0 Å². The molecule has 0 saturated carbocycles. The van der Waals surface area contributed by atoms with E-state index in [1.807, 2.05) is 0 Å². The van der Waals surface area contributed by atoms with Gasteiger partial charge in [-0.15, -0.1) is 0 Å². The first-order chi connectivity index (χ1) is 9.79. The average Bonchev–Trinajstić information content (AvgIpc) is 2.40. The second-order valence-corrected chi connectivity index (χ2v) is 7.39. The Hall–Kier alpha value is -1.57. The summed E-state index contributed by atoms with van der Waals surface area (Å²) in [5.74, 6) is -1.40. The molecule has 0 atom stereocenters. The number of phenols is 1. The molecular formula is C13H8BrClO5S. The van der Waals surface area contributed by atoms with Crippen molar-refractivity contribution in [3.05, 3.63) is 52.5 Å². The second-order valence-electron chi connectivity index (χ2n) is 3.94. The molecule has 0 aliphatic carbocycles. The molecule has 0 unspecified atom stereocenters. The van der Waals surface area contributed by atoms with Crippen molar-refractivity contribution >= 4 is 41.6 Å². The highest BCUT2D eigenvalue weighted by Crippen LogP contribution is 2.33. The SMILES string of the molecule is O=C(Oc1ccccc1)c1cc(Br)cc(S(=O)(=O)Cl)c1O. The predicted octanol–water partition coefficient (Wildman–Crippen LogP) is 3.30. The van der Waals surface area contributed by atoms with Gasteiger partial charge in [-0.1, -0.05) is 34.1 Å². The summed E-state index contributed by atoms with van der Waals surface area (Å²) in [4.78, 5) is 11.5. The number of ether oxygens (including phenoxy) is 1. The van der Waals surface area contributed by atoms with Crippen LogP contribution in [0.3, 0.4) is 0 Å². The topological polar surface area (TPSA) is 80.7 Å². The third kappa shape index (κ3) is 3.75. The highest BCUT2D eigenvalue weighted by molar-refractivity contribution is 9.10. The Kier molecular flexibility index (Phi) is 4.55. The van der Waals surface area contributed by atoms with Crippen LogP contribution in [-0.4, -0.2) is 19.5 Å².